The smallest absolute Gasteiger partial charge is 0.161 e. The van der Waals surface area contributed by atoms with Gasteiger partial charge in [0.2, 0.25) is 0 Å². The topological polar surface area (TPSA) is 81.4 Å². The molecule has 2 aliphatic heterocycles. The predicted molar refractivity (Wildman–Crippen MR) is 142 cm³/mol. The normalized spacial score (nSPS) is 16.1. The van der Waals surface area contributed by atoms with Gasteiger partial charge < -0.3 is 14.5 Å². The van der Waals surface area contributed by atoms with Crippen LogP contribution in [0, 0.1) is 24.2 Å². The molecule has 0 amide bonds. The van der Waals surface area contributed by atoms with Gasteiger partial charge in [-0.3, -0.25) is 4.90 Å². The van der Waals surface area contributed by atoms with Gasteiger partial charge in [0.1, 0.15) is 17.7 Å². The van der Waals surface area contributed by atoms with Crippen molar-refractivity contribution in [1.82, 2.24) is 19.9 Å². The van der Waals surface area contributed by atoms with Crippen molar-refractivity contribution in [2.24, 2.45) is 0 Å². The SMILES string of the molecule is C#C.N#Cc1cccnc1N1CCN(c2cc(CN3CCOCC3)nc(-c3cccc(Cl)c3)n2)CC1. The maximum absolute atomic E-state index is 9.44. The standard InChI is InChI=1S/C25H26ClN7O.C2H2/c26-21-5-1-3-19(15-21)24-29-22(18-31-11-13-34-14-12-31)16-23(30-24)32-7-9-33(10-8-32)25-20(17-27)4-2-6-28-25;1-2/h1-6,15-16H,7-14,18H2;1-2H. The molecule has 2 fully saturated rings. The number of pyridine rings is 1. The zero-order valence-electron chi connectivity index (χ0n) is 20.1. The number of hydrogen-bond donors (Lipinski definition) is 0. The first-order chi connectivity index (χ1) is 17.7. The van der Waals surface area contributed by atoms with E-state index in [4.69, 9.17) is 26.3 Å². The van der Waals surface area contributed by atoms with Crippen LogP contribution < -0.4 is 9.80 Å². The molecule has 3 aromatic rings. The van der Waals surface area contributed by atoms with Gasteiger partial charge in [0.15, 0.2) is 5.82 Å². The van der Waals surface area contributed by atoms with Gasteiger partial charge in [-0.15, -0.1) is 12.8 Å². The number of nitriles is 1. The second-order valence-electron chi connectivity index (χ2n) is 8.40. The van der Waals surface area contributed by atoms with E-state index >= 15 is 0 Å². The van der Waals surface area contributed by atoms with Gasteiger partial charge in [-0.25, -0.2) is 15.0 Å². The van der Waals surface area contributed by atoms with E-state index in [1.165, 1.54) is 0 Å². The van der Waals surface area contributed by atoms with Crippen LogP contribution in [0.3, 0.4) is 0 Å². The van der Waals surface area contributed by atoms with Crippen LogP contribution in [0.15, 0.2) is 48.7 Å². The minimum Gasteiger partial charge on any atom is -0.379 e. The summed E-state index contributed by atoms with van der Waals surface area (Å²) >= 11 is 6.26. The summed E-state index contributed by atoms with van der Waals surface area (Å²) in [4.78, 5) is 21.1. The number of piperazine rings is 1. The molecule has 184 valence electrons. The largest absolute Gasteiger partial charge is 0.379 e. The van der Waals surface area contributed by atoms with E-state index in [0.29, 0.717) is 16.4 Å². The first kappa shape index (κ1) is 25.4. The number of halogens is 1. The van der Waals surface area contributed by atoms with Crippen molar-refractivity contribution in [3.63, 3.8) is 0 Å². The van der Waals surface area contributed by atoms with Crippen LogP contribution >= 0.6 is 11.6 Å². The lowest BCUT2D eigenvalue weighted by Crippen LogP contribution is -2.47. The fraction of sp³-hybridized carbons (Fsp3) is 0.333. The van der Waals surface area contributed by atoms with Gasteiger partial charge in [0, 0.05) is 68.7 Å². The van der Waals surface area contributed by atoms with Gasteiger partial charge >= 0.3 is 0 Å². The average Bonchev–Trinajstić information content (AvgIpc) is 2.94. The Kier molecular flexibility index (Phi) is 8.70. The molecule has 0 N–H and O–H groups in total. The number of morpholine rings is 1. The molecule has 1 aromatic carbocycles. The average molecular weight is 502 g/mol. The highest BCUT2D eigenvalue weighted by atomic mass is 35.5. The Morgan fingerprint density at radius 1 is 0.944 bits per heavy atom. The van der Waals surface area contributed by atoms with Crippen LogP contribution in [-0.2, 0) is 11.3 Å². The number of anilines is 2. The molecule has 9 heteroatoms. The molecule has 0 spiro atoms. The quantitative estimate of drug-likeness (QED) is 0.491. The van der Waals surface area contributed by atoms with Crippen LogP contribution in [0.4, 0.5) is 11.6 Å². The summed E-state index contributed by atoms with van der Waals surface area (Å²) in [6.07, 6.45) is 9.74. The fourth-order valence-corrected chi connectivity index (χ4v) is 4.55. The van der Waals surface area contributed by atoms with E-state index < -0.39 is 0 Å². The summed E-state index contributed by atoms with van der Waals surface area (Å²) in [5.74, 6) is 2.34. The van der Waals surface area contributed by atoms with E-state index in [2.05, 4.69) is 44.7 Å². The molecule has 2 saturated heterocycles. The van der Waals surface area contributed by atoms with Gasteiger partial charge in [-0.05, 0) is 24.3 Å². The third kappa shape index (κ3) is 6.10. The number of nitrogens with zero attached hydrogens (tertiary/aromatic N) is 7. The van der Waals surface area contributed by atoms with Crippen molar-refractivity contribution >= 4 is 23.2 Å². The summed E-state index contributed by atoms with van der Waals surface area (Å²) in [6, 6.07) is 15.6. The van der Waals surface area contributed by atoms with Gasteiger partial charge in [-0.2, -0.15) is 5.26 Å². The zero-order valence-corrected chi connectivity index (χ0v) is 20.8. The highest BCUT2D eigenvalue weighted by Gasteiger charge is 2.23. The Morgan fingerprint density at radius 2 is 1.69 bits per heavy atom. The molecular weight excluding hydrogens is 474 g/mol. The molecule has 8 nitrogen and oxygen atoms in total. The number of ether oxygens (including phenoxy) is 1. The summed E-state index contributed by atoms with van der Waals surface area (Å²) in [5.41, 5.74) is 2.50. The van der Waals surface area contributed by atoms with Crippen LogP contribution in [0.5, 0.6) is 0 Å². The monoisotopic (exact) mass is 501 g/mol. The molecule has 0 radical (unpaired) electrons. The molecule has 2 aromatic heterocycles. The molecular formula is C27H28ClN7O. The summed E-state index contributed by atoms with van der Waals surface area (Å²) in [7, 11) is 0. The lowest BCUT2D eigenvalue weighted by molar-refractivity contribution is 0.0336. The van der Waals surface area contributed by atoms with E-state index in [1.54, 1.807) is 12.3 Å². The van der Waals surface area contributed by atoms with Crippen LogP contribution in [-0.4, -0.2) is 72.3 Å². The molecule has 36 heavy (non-hydrogen) atoms. The second-order valence-corrected chi connectivity index (χ2v) is 8.84. The summed E-state index contributed by atoms with van der Waals surface area (Å²) < 4.78 is 5.50. The predicted octanol–water partition coefficient (Wildman–Crippen LogP) is 3.47. The Bertz CT molecular complexity index is 1230. The molecule has 2 aliphatic rings. The molecule has 0 bridgehead atoms. The Morgan fingerprint density at radius 3 is 2.42 bits per heavy atom. The first-order valence-electron chi connectivity index (χ1n) is 11.8. The Labute approximate surface area is 217 Å². The molecule has 0 aliphatic carbocycles. The van der Waals surface area contributed by atoms with Crippen molar-refractivity contribution in [2.75, 3.05) is 62.3 Å². The van der Waals surface area contributed by atoms with E-state index in [1.807, 2.05) is 30.3 Å². The number of aromatic nitrogens is 3. The van der Waals surface area contributed by atoms with Gasteiger partial charge in [0.05, 0.1) is 24.5 Å². The number of terminal acetylenes is 1. The number of benzene rings is 1. The number of hydrogen-bond acceptors (Lipinski definition) is 8. The maximum Gasteiger partial charge on any atom is 0.161 e. The van der Waals surface area contributed by atoms with Gasteiger partial charge in [0.25, 0.3) is 0 Å². The highest BCUT2D eigenvalue weighted by Crippen LogP contribution is 2.25. The van der Waals surface area contributed by atoms with E-state index in [-0.39, 0.29) is 0 Å². The molecule has 0 unspecified atom stereocenters. The molecule has 0 atom stereocenters. The molecule has 5 rings (SSSR count). The van der Waals surface area contributed by atoms with E-state index in [0.717, 1.165) is 81.9 Å². The summed E-state index contributed by atoms with van der Waals surface area (Å²) in [6.45, 7) is 7.15. The van der Waals surface area contributed by atoms with Crippen molar-refractivity contribution < 1.29 is 4.74 Å². The lowest BCUT2D eigenvalue weighted by Gasteiger charge is -2.36. The number of rotatable bonds is 5. The highest BCUT2D eigenvalue weighted by molar-refractivity contribution is 6.30. The van der Waals surface area contributed by atoms with Crippen LogP contribution in [0.1, 0.15) is 11.3 Å². The lowest BCUT2D eigenvalue weighted by atomic mass is 10.2. The second kappa shape index (κ2) is 12.3. The minimum atomic E-state index is 0.606. The van der Waals surface area contributed by atoms with Crippen molar-refractivity contribution in [3.8, 4) is 30.3 Å². The first-order valence-corrected chi connectivity index (χ1v) is 12.2. The minimum absolute atomic E-state index is 0.606. The maximum atomic E-state index is 9.44. The zero-order chi connectivity index (χ0) is 25.3. The van der Waals surface area contributed by atoms with Gasteiger partial charge in [-0.1, -0.05) is 23.7 Å². The van der Waals surface area contributed by atoms with Crippen LogP contribution in [0.2, 0.25) is 5.02 Å². The Balaban J connectivity index is 0.00000148. The van der Waals surface area contributed by atoms with Crippen molar-refractivity contribution in [3.05, 3.63) is 64.9 Å². The summed E-state index contributed by atoms with van der Waals surface area (Å²) in [5, 5.41) is 10.1. The molecule has 0 saturated carbocycles. The van der Waals surface area contributed by atoms with Crippen molar-refractivity contribution in [2.45, 2.75) is 6.54 Å². The van der Waals surface area contributed by atoms with Crippen LogP contribution in [0.25, 0.3) is 11.4 Å². The Hall–Kier alpha value is -3.69. The third-order valence-electron chi connectivity index (χ3n) is 6.15. The molecule has 4 heterocycles. The third-order valence-corrected chi connectivity index (χ3v) is 6.38. The van der Waals surface area contributed by atoms with Crippen molar-refractivity contribution in [1.29, 1.82) is 5.26 Å². The van der Waals surface area contributed by atoms with E-state index in [9.17, 15) is 5.26 Å². The fourth-order valence-electron chi connectivity index (χ4n) is 4.35.